The maximum absolute atomic E-state index is 14.7. The molecule has 0 bridgehead atoms. The lowest BCUT2D eigenvalue weighted by atomic mass is 9.42. The molecule has 4 aliphatic carbocycles. The van der Waals surface area contributed by atoms with Crippen LogP contribution in [0.4, 0.5) is 0 Å². The summed E-state index contributed by atoms with van der Waals surface area (Å²) in [7, 11) is 0. The van der Waals surface area contributed by atoms with Crippen LogP contribution in [0.3, 0.4) is 0 Å². The van der Waals surface area contributed by atoms with E-state index in [9.17, 15) is 29.4 Å². The van der Waals surface area contributed by atoms with Gasteiger partial charge in [0.05, 0.1) is 24.2 Å². The van der Waals surface area contributed by atoms with Crippen molar-refractivity contribution in [1.29, 1.82) is 0 Å². The van der Waals surface area contributed by atoms with Gasteiger partial charge in [0, 0.05) is 30.8 Å². The van der Waals surface area contributed by atoms with E-state index in [2.05, 4.69) is 0 Å². The van der Waals surface area contributed by atoms with Crippen LogP contribution in [-0.2, 0) is 28.7 Å². The number of unbranched alkanes of at least 4 members (excludes halogenated alkanes) is 1. The number of rotatable bonds is 8. The predicted octanol–water partition coefficient (Wildman–Crippen LogP) is 4.73. The Kier molecular flexibility index (Phi) is 8.47. The second-order valence-electron chi connectivity index (χ2n) is 14.5. The van der Waals surface area contributed by atoms with E-state index < -0.39 is 45.9 Å². The number of esters is 2. The second-order valence-corrected chi connectivity index (χ2v) is 14.5. The molecule has 4 rings (SSSR count). The Balaban J connectivity index is 1.81. The first-order valence-corrected chi connectivity index (χ1v) is 15.5. The average Bonchev–Trinajstić information content (AvgIpc) is 3.10. The maximum Gasteiger partial charge on any atom is 0.305 e. The molecular formula is C33H50O8. The summed E-state index contributed by atoms with van der Waals surface area (Å²) in [5.74, 6) is -1.99. The van der Waals surface area contributed by atoms with E-state index in [0.29, 0.717) is 43.4 Å². The molecule has 0 heterocycles. The Morgan fingerprint density at radius 3 is 2.37 bits per heavy atom. The molecule has 8 heteroatoms. The summed E-state index contributed by atoms with van der Waals surface area (Å²) in [5.41, 5.74) is -2.68. The van der Waals surface area contributed by atoms with Crippen LogP contribution in [-0.4, -0.2) is 58.6 Å². The Morgan fingerprint density at radius 1 is 1.10 bits per heavy atom. The lowest BCUT2D eigenvalue weighted by Crippen LogP contribution is -2.65. The number of carbonyl (C=O) groups is 4. The zero-order valence-electron chi connectivity index (χ0n) is 26.2. The number of ketones is 2. The standard InChI is InChI=1S/C33H50O8/c1-9-10-15-40-25(38)12-11-18(2)20-16-24(37)33(8)26-21(35)17-22-30(4,5)23(36)13-14-31(22,6)27(26)28(39)29(32(20,33)7)41-19(3)34/h18,20-23,29,35-36H,9-17H2,1-8H3/t18-,20-,21+,22-,23+,29-,31+,32+,33+/m1/s1. The summed E-state index contributed by atoms with van der Waals surface area (Å²) < 4.78 is 11.2. The van der Waals surface area contributed by atoms with Crippen LogP contribution in [0.25, 0.3) is 0 Å². The van der Waals surface area contributed by atoms with Gasteiger partial charge in [-0.1, -0.05) is 48.0 Å². The van der Waals surface area contributed by atoms with Crippen molar-refractivity contribution < 1.29 is 38.9 Å². The molecule has 2 N–H and O–H groups in total. The third-order valence-corrected chi connectivity index (χ3v) is 12.0. The van der Waals surface area contributed by atoms with E-state index >= 15 is 0 Å². The Morgan fingerprint density at radius 2 is 1.76 bits per heavy atom. The fourth-order valence-electron chi connectivity index (χ4n) is 9.38. The van der Waals surface area contributed by atoms with Gasteiger partial charge in [-0.2, -0.15) is 0 Å². The number of ether oxygens (including phenoxy) is 2. The van der Waals surface area contributed by atoms with Gasteiger partial charge in [0.2, 0.25) is 5.78 Å². The minimum Gasteiger partial charge on any atom is -0.466 e. The van der Waals surface area contributed by atoms with Crippen LogP contribution in [0, 0.1) is 39.4 Å². The topological polar surface area (TPSA) is 127 Å². The van der Waals surface area contributed by atoms with Gasteiger partial charge < -0.3 is 19.7 Å². The fourth-order valence-corrected chi connectivity index (χ4v) is 9.38. The van der Waals surface area contributed by atoms with Gasteiger partial charge >= 0.3 is 11.9 Å². The lowest BCUT2D eigenvalue weighted by Gasteiger charge is -2.62. The zero-order valence-corrected chi connectivity index (χ0v) is 26.2. The monoisotopic (exact) mass is 574 g/mol. The third kappa shape index (κ3) is 4.62. The molecule has 2 saturated carbocycles. The van der Waals surface area contributed by atoms with E-state index in [4.69, 9.17) is 9.47 Å². The summed E-state index contributed by atoms with van der Waals surface area (Å²) in [4.78, 5) is 53.8. The number of carbonyl (C=O) groups excluding carboxylic acids is 4. The first-order chi connectivity index (χ1) is 19.0. The number of fused-ring (bicyclic) bond motifs is 4. The van der Waals surface area contributed by atoms with Crippen LogP contribution >= 0.6 is 0 Å². The van der Waals surface area contributed by atoms with Gasteiger partial charge in [-0.15, -0.1) is 0 Å². The number of Topliss-reactive ketones (excluding diaryl/α,β-unsaturated/α-hetero) is 2. The zero-order chi connectivity index (χ0) is 30.7. The molecule has 0 unspecified atom stereocenters. The minimum atomic E-state index is -1.23. The number of hydrogen-bond acceptors (Lipinski definition) is 8. The van der Waals surface area contributed by atoms with Crippen molar-refractivity contribution in [1.82, 2.24) is 0 Å². The molecule has 2 fully saturated rings. The van der Waals surface area contributed by atoms with Crippen molar-refractivity contribution in [3.8, 4) is 0 Å². The molecule has 0 aromatic heterocycles. The lowest BCUT2D eigenvalue weighted by molar-refractivity contribution is -0.178. The largest absolute Gasteiger partial charge is 0.466 e. The fraction of sp³-hybridized carbons (Fsp3) is 0.818. The van der Waals surface area contributed by atoms with Crippen molar-refractivity contribution in [2.45, 2.75) is 125 Å². The molecule has 0 spiro atoms. The number of aliphatic hydroxyl groups excluding tert-OH is 2. The highest BCUT2D eigenvalue weighted by atomic mass is 16.5. The van der Waals surface area contributed by atoms with Gasteiger partial charge in [-0.3, -0.25) is 19.2 Å². The first kappa shape index (κ1) is 31.9. The Hall–Kier alpha value is -2.06. The van der Waals surface area contributed by atoms with Crippen molar-refractivity contribution in [2.24, 2.45) is 39.4 Å². The molecule has 0 aromatic carbocycles. The summed E-state index contributed by atoms with van der Waals surface area (Å²) >= 11 is 0. The van der Waals surface area contributed by atoms with E-state index in [-0.39, 0.29) is 48.1 Å². The van der Waals surface area contributed by atoms with Crippen LogP contribution < -0.4 is 0 Å². The van der Waals surface area contributed by atoms with Gasteiger partial charge in [0.1, 0.15) is 5.78 Å². The molecule has 0 aliphatic heterocycles. The molecule has 0 amide bonds. The minimum absolute atomic E-state index is 0.0734. The molecule has 230 valence electrons. The summed E-state index contributed by atoms with van der Waals surface area (Å²) in [6, 6.07) is 0. The van der Waals surface area contributed by atoms with Gasteiger partial charge in [-0.05, 0) is 73.2 Å². The Bertz CT molecular complexity index is 1140. The quantitative estimate of drug-likeness (QED) is 0.315. The van der Waals surface area contributed by atoms with Crippen molar-refractivity contribution in [3.63, 3.8) is 0 Å². The number of hydrogen-bond donors (Lipinski definition) is 2. The SMILES string of the molecule is CCCCOC(=O)CC[C@@H](C)[C@H]1CC(=O)[C@@]2(C)C3=C(C(=O)[C@@H](OC(C)=O)[C@]12C)[C@@]1(C)CC[C@H](O)C(C)(C)[C@H]1C[C@@H]3O. The maximum atomic E-state index is 14.7. The summed E-state index contributed by atoms with van der Waals surface area (Å²) in [6.07, 6.45) is 1.12. The van der Waals surface area contributed by atoms with E-state index in [1.807, 2.05) is 48.5 Å². The van der Waals surface area contributed by atoms with Crippen molar-refractivity contribution >= 4 is 23.5 Å². The average molecular weight is 575 g/mol. The third-order valence-electron chi connectivity index (χ3n) is 12.0. The molecule has 41 heavy (non-hydrogen) atoms. The van der Waals surface area contributed by atoms with Crippen LogP contribution in [0.15, 0.2) is 11.1 Å². The Labute approximate surface area is 244 Å². The van der Waals surface area contributed by atoms with Gasteiger partial charge in [0.25, 0.3) is 0 Å². The van der Waals surface area contributed by atoms with Gasteiger partial charge in [0.15, 0.2) is 6.10 Å². The highest BCUT2D eigenvalue weighted by molar-refractivity contribution is 6.08. The van der Waals surface area contributed by atoms with Crippen LogP contribution in [0.5, 0.6) is 0 Å². The van der Waals surface area contributed by atoms with Crippen molar-refractivity contribution in [3.05, 3.63) is 11.1 Å². The highest BCUT2D eigenvalue weighted by Crippen LogP contribution is 2.71. The summed E-state index contributed by atoms with van der Waals surface area (Å²) in [6.45, 7) is 15.3. The smallest absolute Gasteiger partial charge is 0.305 e. The van der Waals surface area contributed by atoms with Crippen LogP contribution in [0.2, 0.25) is 0 Å². The predicted molar refractivity (Wildman–Crippen MR) is 152 cm³/mol. The molecule has 0 saturated heterocycles. The molecular weight excluding hydrogens is 524 g/mol. The first-order valence-electron chi connectivity index (χ1n) is 15.5. The molecule has 4 aliphatic rings. The number of aliphatic hydroxyl groups is 2. The summed E-state index contributed by atoms with van der Waals surface area (Å²) in [5, 5.41) is 22.7. The molecule has 9 atom stereocenters. The van der Waals surface area contributed by atoms with E-state index in [1.165, 1.54) is 6.92 Å². The van der Waals surface area contributed by atoms with Gasteiger partial charge in [-0.25, -0.2) is 0 Å². The molecule has 8 nitrogen and oxygen atoms in total. The van der Waals surface area contributed by atoms with E-state index in [1.54, 1.807) is 0 Å². The molecule has 0 radical (unpaired) electrons. The molecule has 0 aromatic rings. The van der Waals surface area contributed by atoms with E-state index in [0.717, 1.165) is 12.8 Å². The van der Waals surface area contributed by atoms with Crippen molar-refractivity contribution in [2.75, 3.05) is 6.61 Å². The normalized spacial score (nSPS) is 40.4. The van der Waals surface area contributed by atoms with Crippen LogP contribution in [0.1, 0.15) is 107 Å². The highest BCUT2D eigenvalue weighted by Gasteiger charge is 2.74. The second kappa shape index (κ2) is 10.9.